The summed E-state index contributed by atoms with van der Waals surface area (Å²) in [6.07, 6.45) is 2.99. The zero-order valence-electron chi connectivity index (χ0n) is 10.7. The number of fused-ring (bicyclic) bond motifs is 1. The SMILES string of the molecule is CCOC(=O)[C@@H]1C[C@H]1c1ccc2ccn(C)c2c1. The maximum absolute atomic E-state index is 11.6. The van der Waals surface area contributed by atoms with Gasteiger partial charge in [0.1, 0.15) is 0 Å². The first kappa shape index (κ1) is 11.3. The lowest BCUT2D eigenvalue weighted by molar-refractivity contribution is -0.144. The quantitative estimate of drug-likeness (QED) is 0.776. The first-order chi connectivity index (χ1) is 8.70. The molecule has 3 rings (SSSR count). The Morgan fingerprint density at radius 3 is 3.06 bits per heavy atom. The first-order valence-electron chi connectivity index (χ1n) is 6.42. The number of ether oxygens (including phenoxy) is 1. The lowest BCUT2D eigenvalue weighted by Gasteiger charge is -2.03. The van der Waals surface area contributed by atoms with Crippen molar-refractivity contribution in [3.63, 3.8) is 0 Å². The van der Waals surface area contributed by atoms with Gasteiger partial charge in [0.05, 0.1) is 12.5 Å². The minimum Gasteiger partial charge on any atom is -0.466 e. The van der Waals surface area contributed by atoms with Gasteiger partial charge in [0.25, 0.3) is 0 Å². The van der Waals surface area contributed by atoms with Crippen LogP contribution in [0.15, 0.2) is 30.5 Å². The lowest BCUT2D eigenvalue weighted by atomic mass is 10.1. The molecule has 18 heavy (non-hydrogen) atoms. The highest BCUT2D eigenvalue weighted by Gasteiger charge is 2.45. The van der Waals surface area contributed by atoms with Crippen LogP contribution >= 0.6 is 0 Å². The molecule has 0 radical (unpaired) electrons. The van der Waals surface area contributed by atoms with Crippen LogP contribution in [0.4, 0.5) is 0 Å². The van der Waals surface area contributed by atoms with E-state index in [1.54, 1.807) is 0 Å². The zero-order valence-corrected chi connectivity index (χ0v) is 10.7. The van der Waals surface area contributed by atoms with E-state index in [0.29, 0.717) is 12.5 Å². The van der Waals surface area contributed by atoms with Crippen LogP contribution in [-0.2, 0) is 16.6 Å². The molecule has 94 valence electrons. The Kier molecular flexibility index (Phi) is 2.62. The molecule has 0 N–H and O–H groups in total. The zero-order chi connectivity index (χ0) is 12.7. The summed E-state index contributed by atoms with van der Waals surface area (Å²) in [6, 6.07) is 8.56. The fraction of sp³-hybridized carbons (Fsp3) is 0.400. The molecule has 0 unspecified atom stereocenters. The van der Waals surface area contributed by atoms with E-state index >= 15 is 0 Å². The average Bonchev–Trinajstić information content (AvgIpc) is 3.09. The maximum Gasteiger partial charge on any atom is 0.309 e. The van der Waals surface area contributed by atoms with Gasteiger partial charge in [-0.25, -0.2) is 0 Å². The number of rotatable bonds is 3. The van der Waals surface area contributed by atoms with Crippen molar-refractivity contribution in [3.8, 4) is 0 Å². The van der Waals surface area contributed by atoms with Gasteiger partial charge in [0.15, 0.2) is 0 Å². The predicted octanol–water partition coefficient (Wildman–Crippen LogP) is 2.84. The van der Waals surface area contributed by atoms with Crippen LogP contribution in [0.3, 0.4) is 0 Å². The minimum absolute atomic E-state index is 0.0468. The molecule has 1 aliphatic rings. The maximum atomic E-state index is 11.6. The first-order valence-corrected chi connectivity index (χ1v) is 6.42. The Labute approximate surface area is 106 Å². The van der Waals surface area contributed by atoms with Crippen LogP contribution in [0, 0.1) is 5.92 Å². The van der Waals surface area contributed by atoms with E-state index in [0.717, 1.165) is 6.42 Å². The van der Waals surface area contributed by atoms with E-state index in [9.17, 15) is 4.79 Å². The minimum atomic E-state index is -0.0468. The van der Waals surface area contributed by atoms with Crippen molar-refractivity contribution in [2.45, 2.75) is 19.3 Å². The molecule has 0 aliphatic heterocycles. The number of carbonyl (C=O) groups excluding carboxylic acids is 1. The van der Waals surface area contributed by atoms with Crippen molar-refractivity contribution in [2.24, 2.45) is 13.0 Å². The third-order valence-corrected chi connectivity index (χ3v) is 3.72. The molecule has 0 spiro atoms. The largest absolute Gasteiger partial charge is 0.466 e. The van der Waals surface area contributed by atoms with Crippen molar-refractivity contribution in [1.82, 2.24) is 4.57 Å². The number of esters is 1. The van der Waals surface area contributed by atoms with Gasteiger partial charge in [0.2, 0.25) is 0 Å². The second-order valence-electron chi connectivity index (χ2n) is 4.95. The molecule has 1 aromatic heterocycles. The van der Waals surface area contributed by atoms with Crippen molar-refractivity contribution >= 4 is 16.9 Å². The summed E-state index contributed by atoms with van der Waals surface area (Å²) in [5.41, 5.74) is 2.48. The van der Waals surface area contributed by atoms with E-state index in [-0.39, 0.29) is 11.9 Å². The summed E-state index contributed by atoms with van der Waals surface area (Å²) >= 11 is 0. The van der Waals surface area contributed by atoms with Crippen LogP contribution in [-0.4, -0.2) is 17.1 Å². The Morgan fingerprint density at radius 1 is 1.44 bits per heavy atom. The molecular weight excluding hydrogens is 226 g/mol. The molecule has 2 atom stereocenters. The topological polar surface area (TPSA) is 31.2 Å². The number of nitrogens with zero attached hydrogens (tertiary/aromatic N) is 1. The Morgan fingerprint density at radius 2 is 2.28 bits per heavy atom. The van der Waals surface area contributed by atoms with Crippen LogP contribution in [0.2, 0.25) is 0 Å². The number of aryl methyl sites for hydroxylation is 1. The normalized spacial score (nSPS) is 22.1. The number of aromatic nitrogens is 1. The fourth-order valence-corrected chi connectivity index (χ4v) is 2.58. The molecule has 3 heteroatoms. The summed E-state index contributed by atoms with van der Waals surface area (Å²) < 4.78 is 7.18. The van der Waals surface area contributed by atoms with Crippen molar-refractivity contribution in [2.75, 3.05) is 6.61 Å². The van der Waals surface area contributed by atoms with Crippen LogP contribution in [0.1, 0.15) is 24.8 Å². The molecule has 2 aromatic rings. The second kappa shape index (κ2) is 4.16. The summed E-state index contributed by atoms with van der Waals surface area (Å²) in [6.45, 7) is 2.32. The van der Waals surface area contributed by atoms with Crippen molar-refractivity contribution in [1.29, 1.82) is 0 Å². The molecule has 1 aromatic carbocycles. The molecule has 1 heterocycles. The van der Waals surface area contributed by atoms with Crippen LogP contribution < -0.4 is 0 Å². The van der Waals surface area contributed by atoms with E-state index in [1.807, 2.05) is 14.0 Å². The summed E-state index contributed by atoms with van der Waals surface area (Å²) in [4.78, 5) is 11.6. The van der Waals surface area contributed by atoms with Crippen molar-refractivity contribution in [3.05, 3.63) is 36.0 Å². The average molecular weight is 243 g/mol. The van der Waals surface area contributed by atoms with Gasteiger partial charge in [-0.3, -0.25) is 4.79 Å². The van der Waals surface area contributed by atoms with Gasteiger partial charge in [-0.2, -0.15) is 0 Å². The molecule has 3 nitrogen and oxygen atoms in total. The number of benzene rings is 1. The van der Waals surface area contributed by atoms with Gasteiger partial charge in [-0.1, -0.05) is 12.1 Å². The van der Waals surface area contributed by atoms with E-state index in [1.165, 1.54) is 16.5 Å². The summed E-state index contributed by atoms with van der Waals surface area (Å²) in [5.74, 6) is 0.375. The standard InChI is InChI=1S/C15H17NO2/c1-3-18-15(17)13-9-12(13)11-5-4-10-6-7-16(2)14(10)8-11/h4-8,12-13H,3,9H2,1-2H3/t12-,13+/m0/s1. The number of hydrogen-bond acceptors (Lipinski definition) is 2. The summed E-state index contributed by atoms with van der Waals surface area (Å²) in [5, 5.41) is 1.24. The van der Waals surface area contributed by atoms with Gasteiger partial charge in [-0.15, -0.1) is 0 Å². The van der Waals surface area contributed by atoms with Gasteiger partial charge in [-0.05, 0) is 42.3 Å². The third-order valence-electron chi connectivity index (χ3n) is 3.72. The third kappa shape index (κ3) is 1.80. The van der Waals surface area contributed by atoms with Gasteiger partial charge >= 0.3 is 5.97 Å². The number of carbonyl (C=O) groups is 1. The molecule has 1 saturated carbocycles. The van der Waals surface area contributed by atoms with Crippen molar-refractivity contribution < 1.29 is 9.53 Å². The smallest absolute Gasteiger partial charge is 0.309 e. The lowest BCUT2D eigenvalue weighted by Crippen LogP contribution is -2.07. The highest BCUT2D eigenvalue weighted by Crippen LogP contribution is 2.48. The highest BCUT2D eigenvalue weighted by molar-refractivity contribution is 5.82. The molecule has 0 saturated heterocycles. The number of hydrogen-bond donors (Lipinski definition) is 0. The Hall–Kier alpha value is -1.77. The second-order valence-corrected chi connectivity index (χ2v) is 4.95. The van der Waals surface area contributed by atoms with Gasteiger partial charge < -0.3 is 9.30 Å². The Bertz CT molecular complexity index is 600. The van der Waals surface area contributed by atoms with Gasteiger partial charge in [0, 0.05) is 18.8 Å². The monoisotopic (exact) mass is 243 g/mol. The molecular formula is C15H17NO2. The van der Waals surface area contributed by atoms with E-state index < -0.39 is 0 Å². The fourth-order valence-electron chi connectivity index (χ4n) is 2.58. The highest BCUT2D eigenvalue weighted by atomic mass is 16.5. The van der Waals surface area contributed by atoms with Crippen LogP contribution in [0.5, 0.6) is 0 Å². The molecule has 0 bridgehead atoms. The summed E-state index contributed by atoms with van der Waals surface area (Å²) in [7, 11) is 2.04. The molecule has 0 amide bonds. The van der Waals surface area contributed by atoms with E-state index in [2.05, 4.69) is 35.0 Å². The Balaban J connectivity index is 1.84. The predicted molar refractivity (Wildman–Crippen MR) is 70.4 cm³/mol. The molecule has 1 fully saturated rings. The van der Waals surface area contributed by atoms with E-state index in [4.69, 9.17) is 4.74 Å². The van der Waals surface area contributed by atoms with Crippen LogP contribution in [0.25, 0.3) is 10.9 Å². The molecule has 1 aliphatic carbocycles.